The summed E-state index contributed by atoms with van der Waals surface area (Å²) >= 11 is 0. The maximum Gasteiger partial charge on any atom is 0.255 e. The Morgan fingerprint density at radius 2 is 1.11 bits per heavy atom. The summed E-state index contributed by atoms with van der Waals surface area (Å²) in [4.78, 5) is 42.1. The number of benzene rings is 4. The van der Waals surface area contributed by atoms with Gasteiger partial charge in [0, 0.05) is 23.1 Å². The molecule has 1 saturated heterocycles. The Labute approximate surface area is 221 Å². The largest absolute Gasteiger partial charge is 0.322 e. The van der Waals surface area contributed by atoms with Crippen LogP contribution < -0.4 is 10.2 Å². The molecular weight excluding hydrogens is 472 g/mol. The number of carbonyl (C=O) groups is 3. The Morgan fingerprint density at radius 3 is 1.55 bits per heavy atom. The molecule has 0 spiro atoms. The zero-order chi connectivity index (χ0) is 26.1. The van der Waals surface area contributed by atoms with Gasteiger partial charge in [-0.25, -0.2) is 4.90 Å². The first-order valence-corrected chi connectivity index (χ1v) is 13.0. The molecule has 0 saturated carbocycles. The minimum Gasteiger partial charge on any atom is -0.322 e. The molecule has 4 aromatic carbocycles. The Morgan fingerprint density at radius 1 is 0.658 bits per heavy atom. The van der Waals surface area contributed by atoms with E-state index in [0.29, 0.717) is 11.3 Å². The van der Waals surface area contributed by atoms with Gasteiger partial charge < -0.3 is 5.32 Å². The second kappa shape index (κ2) is 8.25. The zero-order valence-electron chi connectivity index (χ0n) is 21.1. The summed E-state index contributed by atoms with van der Waals surface area (Å²) in [6.07, 6.45) is 0. The van der Waals surface area contributed by atoms with Crippen molar-refractivity contribution in [3.63, 3.8) is 0 Å². The number of hydrogen-bond donors (Lipinski definition) is 1. The summed E-state index contributed by atoms with van der Waals surface area (Å²) in [7, 11) is 0. The lowest BCUT2D eigenvalue weighted by Gasteiger charge is -2.45. The first-order valence-electron chi connectivity index (χ1n) is 13.0. The smallest absolute Gasteiger partial charge is 0.255 e. The molecule has 8 rings (SSSR count). The lowest BCUT2D eigenvalue weighted by molar-refractivity contribution is -0.122. The molecular formula is C33H26N2O3. The molecule has 38 heavy (non-hydrogen) atoms. The fourth-order valence-electron chi connectivity index (χ4n) is 6.94. The van der Waals surface area contributed by atoms with Crippen LogP contribution in [0, 0.1) is 25.7 Å². The zero-order valence-corrected chi connectivity index (χ0v) is 21.1. The minimum absolute atomic E-state index is 0.137. The van der Waals surface area contributed by atoms with Crippen molar-refractivity contribution in [2.45, 2.75) is 25.7 Å². The highest BCUT2D eigenvalue weighted by Crippen LogP contribution is 2.61. The second-order valence-corrected chi connectivity index (χ2v) is 10.7. The van der Waals surface area contributed by atoms with Gasteiger partial charge in [-0.1, -0.05) is 54.6 Å². The van der Waals surface area contributed by atoms with Crippen LogP contribution in [-0.2, 0) is 9.59 Å². The minimum atomic E-state index is -0.426. The van der Waals surface area contributed by atoms with E-state index in [-0.39, 0.29) is 29.6 Å². The van der Waals surface area contributed by atoms with Crippen LogP contribution in [0.1, 0.15) is 55.6 Å². The van der Waals surface area contributed by atoms with E-state index in [9.17, 15) is 14.4 Å². The molecule has 0 unspecified atom stereocenters. The standard InChI is InChI=1S/C33H26N2O3/c1-18-15-19(2)17-21(16-18)34-31(36)20-11-13-22(14-12-20)35-32(37)29-27-23-7-3-4-8-24(23)28(30(29)33(35)38)26-10-6-5-9-25(26)27/h3-17,27-30H,1-2H3,(H,34,36)/t27?,28?,29-,30-/m0/s1. The van der Waals surface area contributed by atoms with Crippen molar-refractivity contribution in [1.29, 1.82) is 0 Å². The summed E-state index contributed by atoms with van der Waals surface area (Å²) in [6, 6.07) is 29.1. The van der Waals surface area contributed by atoms with Crippen molar-refractivity contribution in [3.8, 4) is 0 Å². The van der Waals surface area contributed by atoms with Crippen molar-refractivity contribution >= 4 is 29.1 Å². The molecule has 2 bridgehead atoms. The van der Waals surface area contributed by atoms with Crippen molar-refractivity contribution in [1.82, 2.24) is 0 Å². The number of carbonyl (C=O) groups excluding carboxylic acids is 3. The maximum absolute atomic E-state index is 13.9. The van der Waals surface area contributed by atoms with Gasteiger partial charge in [0.1, 0.15) is 0 Å². The predicted molar refractivity (Wildman–Crippen MR) is 146 cm³/mol. The topological polar surface area (TPSA) is 66.5 Å². The fraction of sp³-hybridized carbons (Fsp3) is 0.182. The third kappa shape index (κ3) is 3.21. The number of hydrogen-bond acceptors (Lipinski definition) is 3. The van der Waals surface area contributed by atoms with E-state index >= 15 is 0 Å². The van der Waals surface area contributed by atoms with Gasteiger partial charge in [0.05, 0.1) is 17.5 Å². The van der Waals surface area contributed by atoms with Gasteiger partial charge in [-0.3, -0.25) is 14.4 Å². The SMILES string of the molecule is Cc1cc(C)cc(NC(=O)c2ccc(N3C(=O)[C@H]4C5c6ccccc6C(c6ccccc65)[C@@H]4C3=O)cc2)c1. The van der Waals surface area contributed by atoms with Gasteiger partial charge in [0.15, 0.2) is 0 Å². The molecule has 1 aliphatic heterocycles. The number of amides is 3. The number of nitrogens with zero attached hydrogens (tertiary/aromatic N) is 1. The van der Waals surface area contributed by atoms with E-state index in [1.807, 2.05) is 50.2 Å². The predicted octanol–water partition coefficient (Wildman–Crippen LogP) is 5.95. The second-order valence-electron chi connectivity index (χ2n) is 10.7. The number of nitrogens with one attached hydrogen (secondary N) is 1. The quantitative estimate of drug-likeness (QED) is 0.355. The molecule has 4 aliphatic rings. The average Bonchev–Trinajstić information content (AvgIpc) is 3.18. The highest BCUT2D eigenvalue weighted by Gasteiger charge is 2.61. The Hall–Kier alpha value is -4.51. The molecule has 5 nitrogen and oxygen atoms in total. The summed E-state index contributed by atoms with van der Waals surface area (Å²) in [5.74, 6) is -1.69. The maximum atomic E-state index is 13.9. The highest BCUT2D eigenvalue weighted by molar-refractivity contribution is 6.23. The van der Waals surface area contributed by atoms with Gasteiger partial charge >= 0.3 is 0 Å². The summed E-state index contributed by atoms with van der Waals surface area (Å²) in [5, 5.41) is 2.94. The Balaban J connectivity index is 1.21. The summed E-state index contributed by atoms with van der Waals surface area (Å²) in [5.41, 5.74) is 8.45. The normalized spacial score (nSPS) is 22.6. The van der Waals surface area contributed by atoms with Crippen LogP contribution in [0.4, 0.5) is 11.4 Å². The molecule has 4 aromatic rings. The summed E-state index contributed by atoms with van der Waals surface area (Å²) in [6.45, 7) is 3.98. The lowest BCUT2D eigenvalue weighted by Crippen LogP contribution is -2.41. The van der Waals surface area contributed by atoms with E-state index in [4.69, 9.17) is 0 Å². The molecule has 0 aromatic heterocycles. The monoisotopic (exact) mass is 498 g/mol. The van der Waals surface area contributed by atoms with Crippen molar-refractivity contribution in [3.05, 3.63) is 130 Å². The highest BCUT2D eigenvalue weighted by atomic mass is 16.2. The first-order chi connectivity index (χ1) is 18.4. The van der Waals surface area contributed by atoms with Crippen molar-refractivity contribution in [2.24, 2.45) is 11.8 Å². The van der Waals surface area contributed by atoms with E-state index < -0.39 is 11.8 Å². The number of rotatable bonds is 3. The molecule has 1 fully saturated rings. The number of aryl methyl sites for hydroxylation is 2. The van der Waals surface area contributed by atoms with Gasteiger partial charge in [-0.2, -0.15) is 0 Å². The molecule has 3 amide bonds. The molecule has 1 heterocycles. The van der Waals surface area contributed by atoms with E-state index in [2.05, 4.69) is 35.6 Å². The average molecular weight is 499 g/mol. The van der Waals surface area contributed by atoms with Gasteiger partial charge in [0.2, 0.25) is 11.8 Å². The van der Waals surface area contributed by atoms with E-state index in [1.54, 1.807) is 24.3 Å². The van der Waals surface area contributed by atoms with Crippen LogP contribution in [0.25, 0.3) is 0 Å². The van der Waals surface area contributed by atoms with Crippen LogP contribution in [0.15, 0.2) is 91.0 Å². The molecule has 186 valence electrons. The molecule has 0 radical (unpaired) electrons. The van der Waals surface area contributed by atoms with Gasteiger partial charge in [0.25, 0.3) is 5.91 Å². The van der Waals surface area contributed by atoms with Crippen LogP contribution in [0.2, 0.25) is 0 Å². The first kappa shape index (κ1) is 22.7. The molecule has 2 atom stereocenters. The summed E-state index contributed by atoms with van der Waals surface area (Å²) < 4.78 is 0. The van der Waals surface area contributed by atoms with Crippen LogP contribution >= 0.6 is 0 Å². The van der Waals surface area contributed by atoms with Crippen LogP contribution in [0.5, 0.6) is 0 Å². The third-order valence-electron chi connectivity index (χ3n) is 8.32. The molecule has 5 heteroatoms. The molecule has 1 N–H and O–H groups in total. The number of imide groups is 1. The Kier molecular flexibility index (Phi) is 4.92. The van der Waals surface area contributed by atoms with Crippen LogP contribution in [0.3, 0.4) is 0 Å². The lowest BCUT2D eigenvalue weighted by atomic mass is 9.55. The van der Waals surface area contributed by atoms with E-state index in [1.165, 1.54) is 4.90 Å². The molecule has 3 aliphatic carbocycles. The van der Waals surface area contributed by atoms with E-state index in [0.717, 1.165) is 39.1 Å². The fourth-order valence-corrected chi connectivity index (χ4v) is 6.94. The van der Waals surface area contributed by atoms with Crippen molar-refractivity contribution in [2.75, 3.05) is 10.2 Å². The van der Waals surface area contributed by atoms with Crippen molar-refractivity contribution < 1.29 is 14.4 Å². The van der Waals surface area contributed by atoms with Gasteiger partial charge in [-0.05, 0) is 83.6 Å². The number of anilines is 2. The van der Waals surface area contributed by atoms with Gasteiger partial charge in [-0.15, -0.1) is 0 Å². The van der Waals surface area contributed by atoms with Crippen LogP contribution in [-0.4, -0.2) is 17.7 Å². The third-order valence-corrected chi connectivity index (χ3v) is 8.32. The Bertz CT molecular complexity index is 1520.